The first kappa shape index (κ1) is 14.1. The molecule has 0 spiro atoms. The summed E-state index contributed by atoms with van der Waals surface area (Å²) in [7, 11) is -4.24. The molecule has 17 heavy (non-hydrogen) atoms. The Morgan fingerprint density at radius 3 is 2.18 bits per heavy atom. The van der Waals surface area contributed by atoms with Gasteiger partial charge in [-0.3, -0.25) is 9.56 Å². The molecular weight excluding hydrogens is 237 g/mol. The number of hydrogen-bond donors (Lipinski definition) is 2. The van der Waals surface area contributed by atoms with E-state index in [0.717, 1.165) is 5.56 Å². The Kier molecular flexibility index (Phi) is 4.63. The number of aliphatic imine (C=N–C) groups is 1. The first-order valence-electron chi connectivity index (χ1n) is 5.61. The molecule has 0 radical (unpaired) electrons. The van der Waals surface area contributed by atoms with Crippen LogP contribution >= 0.6 is 7.60 Å². The van der Waals surface area contributed by atoms with E-state index in [4.69, 9.17) is 0 Å². The van der Waals surface area contributed by atoms with E-state index in [9.17, 15) is 14.4 Å². The van der Waals surface area contributed by atoms with Crippen molar-refractivity contribution in [3.05, 3.63) is 35.9 Å². The predicted molar refractivity (Wildman–Crippen MR) is 69.4 cm³/mol. The fourth-order valence-electron chi connectivity index (χ4n) is 1.65. The van der Waals surface area contributed by atoms with E-state index >= 15 is 0 Å². The van der Waals surface area contributed by atoms with Crippen molar-refractivity contribution in [2.24, 2.45) is 4.99 Å². The number of hydrogen-bond acceptors (Lipinski definition) is 2. The van der Waals surface area contributed by atoms with Gasteiger partial charge in [0.1, 0.15) is 0 Å². The summed E-state index contributed by atoms with van der Waals surface area (Å²) in [6.07, 6.45) is 2.17. The highest BCUT2D eigenvalue weighted by atomic mass is 31.2. The van der Waals surface area contributed by atoms with Crippen molar-refractivity contribution in [1.29, 1.82) is 0 Å². The second-order valence-electron chi connectivity index (χ2n) is 3.90. The SMILES string of the molecule is CCC(CC)(N=Cc1ccccc1)P(=O)(O)O. The third kappa shape index (κ3) is 3.25. The lowest BCUT2D eigenvalue weighted by Crippen LogP contribution is -2.24. The minimum atomic E-state index is -4.24. The molecule has 0 saturated heterocycles. The van der Waals surface area contributed by atoms with Gasteiger partial charge in [-0.1, -0.05) is 44.2 Å². The maximum Gasteiger partial charge on any atom is 0.352 e. The number of benzene rings is 1. The molecule has 0 unspecified atom stereocenters. The lowest BCUT2D eigenvalue weighted by Gasteiger charge is -2.27. The molecule has 0 heterocycles. The summed E-state index contributed by atoms with van der Waals surface area (Å²) < 4.78 is 11.5. The van der Waals surface area contributed by atoms with Gasteiger partial charge in [0, 0.05) is 6.21 Å². The van der Waals surface area contributed by atoms with Crippen molar-refractivity contribution in [1.82, 2.24) is 0 Å². The van der Waals surface area contributed by atoms with Crippen LogP contribution in [0.4, 0.5) is 0 Å². The Labute approximate surface area is 102 Å². The average Bonchev–Trinajstić information content (AvgIpc) is 2.30. The van der Waals surface area contributed by atoms with Crippen LogP contribution in [0.5, 0.6) is 0 Å². The zero-order chi connectivity index (χ0) is 12.9. The van der Waals surface area contributed by atoms with Crippen LogP contribution in [0.15, 0.2) is 35.3 Å². The largest absolute Gasteiger partial charge is 0.352 e. The standard InChI is InChI=1S/C12H18NO3P/c1-3-12(4-2,17(14,15)16)13-10-11-8-6-5-7-9-11/h5-10H,3-4H2,1-2H3,(H2,14,15,16). The second-order valence-corrected chi connectivity index (χ2v) is 5.82. The van der Waals surface area contributed by atoms with E-state index in [1.54, 1.807) is 13.8 Å². The molecule has 5 heteroatoms. The van der Waals surface area contributed by atoms with Gasteiger partial charge in [0.2, 0.25) is 0 Å². The van der Waals surface area contributed by atoms with Gasteiger partial charge < -0.3 is 9.79 Å². The Hall–Kier alpha value is -0.960. The van der Waals surface area contributed by atoms with Crippen molar-refractivity contribution < 1.29 is 14.4 Å². The Morgan fingerprint density at radius 1 is 1.24 bits per heavy atom. The fraction of sp³-hybridized carbons (Fsp3) is 0.417. The summed E-state index contributed by atoms with van der Waals surface area (Å²) in [6.45, 7) is 3.48. The molecule has 1 aromatic rings. The molecule has 0 bridgehead atoms. The molecule has 0 amide bonds. The van der Waals surface area contributed by atoms with Crippen LogP contribution in [0.3, 0.4) is 0 Å². The lowest BCUT2D eigenvalue weighted by atomic mass is 10.1. The molecule has 1 rings (SSSR count). The minimum absolute atomic E-state index is 0.317. The summed E-state index contributed by atoms with van der Waals surface area (Å²) in [6, 6.07) is 9.29. The van der Waals surface area contributed by atoms with Crippen LogP contribution in [0.2, 0.25) is 0 Å². The Balaban J connectivity index is 3.04. The molecule has 2 N–H and O–H groups in total. The van der Waals surface area contributed by atoms with Gasteiger partial charge in [-0.05, 0) is 18.4 Å². The topological polar surface area (TPSA) is 69.9 Å². The van der Waals surface area contributed by atoms with Crippen LogP contribution < -0.4 is 0 Å². The monoisotopic (exact) mass is 255 g/mol. The van der Waals surface area contributed by atoms with Gasteiger partial charge in [0.25, 0.3) is 0 Å². The average molecular weight is 255 g/mol. The summed E-state index contributed by atoms with van der Waals surface area (Å²) in [4.78, 5) is 23.0. The third-order valence-corrected chi connectivity index (χ3v) is 4.76. The van der Waals surface area contributed by atoms with Crippen LogP contribution in [0.25, 0.3) is 0 Å². The first-order valence-corrected chi connectivity index (χ1v) is 7.22. The van der Waals surface area contributed by atoms with Crippen molar-refractivity contribution in [2.45, 2.75) is 32.0 Å². The zero-order valence-corrected chi connectivity index (χ0v) is 11.0. The molecule has 0 atom stereocenters. The zero-order valence-electron chi connectivity index (χ0n) is 10.1. The van der Waals surface area contributed by atoms with Crippen LogP contribution in [-0.2, 0) is 4.57 Å². The highest BCUT2D eigenvalue weighted by Gasteiger charge is 2.43. The van der Waals surface area contributed by atoms with Crippen molar-refractivity contribution >= 4 is 13.8 Å². The second kappa shape index (κ2) is 5.58. The van der Waals surface area contributed by atoms with Gasteiger partial charge in [0.05, 0.1) is 0 Å². The molecule has 0 saturated carbocycles. The molecular formula is C12H18NO3P. The molecule has 4 nitrogen and oxygen atoms in total. The van der Waals surface area contributed by atoms with Gasteiger partial charge >= 0.3 is 7.60 Å². The van der Waals surface area contributed by atoms with Gasteiger partial charge in [-0.15, -0.1) is 0 Å². The fourth-order valence-corrected chi connectivity index (χ4v) is 2.69. The first-order chi connectivity index (χ1) is 7.95. The molecule has 0 aliphatic rings. The van der Waals surface area contributed by atoms with Crippen LogP contribution in [-0.4, -0.2) is 21.3 Å². The van der Waals surface area contributed by atoms with E-state index in [1.165, 1.54) is 6.21 Å². The third-order valence-electron chi connectivity index (χ3n) is 2.93. The molecule has 1 aromatic carbocycles. The summed E-state index contributed by atoms with van der Waals surface area (Å²) in [5.41, 5.74) is 0.840. The molecule has 94 valence electrons. The maximum absolute atomic E-state index is 11.5. The highest BCUT2D eigenvalue weighted by Crippen LogP contribution is 2.55. The number of rotatable bonds is 5. The maximum atomic E-state index is 11.5. The minimum Gasteiger partial charge on any atom is -0.323 e. The number of nitrogens with zero attached hydrogens (tertiary/aromatic N) is 1. The Morgan fingerprint density at radius 2 is 1.76 bits per heavy atom. The van der Waals surface area contributed by atoms with E-state index in [1.807, 2.05) is 30.3 Å². The van der Waals surface area contributed by atoms with Gasteiger partial charge in [0.15, 0.2) is 5.28 Å². The van der Waals surface area contributed by atoms with E-state index < -0.39 is 12.9 Å². The summed E-state index contributed by atoms with van der Waals surface area (Å²) in [5.74, 6) is 0. The van der Waals surface area contributed by atoms with Gasteiger partial charge in [-0.2, -0.15) is 0 Å². The molecule has 0 fully saturated rings. The molecule has 0 aromatic heterocycles. The summed E-state index contributed by atoms with van der Waals surface area (Å²) in [5, 5.41) is -1.29. The smallest absolute Gasteiger partial charge is 0.323 e. The Bertz CT molecular complexity index is 421. The van der Waals surface area contributed by atoms with E-state index in [2.05, 4.69) is 4.99 Å². The highest BCUT2D eigenvalue weighted by molar-refractivity contribution is 7.53. The quantitative estimate of drug-likeness (QED) is 0.627. The molecule has 0 aliphatic carbocycles. The van der Waals surface area contributed by atoms with Crippen molar-refractivity contribution in [3.63, 3.8) is 0 Å². The lowest BCUT2D eigenvalue weighted by molar-refractivity contribution is 0.318. The van der Waals surface area contributed by atoms with E-state index in [0.29, 0.717) is 12.8 Å². The van der Waals surface area contributed by atoms with Crippen LogP contribution in [0.1, 0.15) is 32.3 Å². The molecule has 0 aliphatic heterocycles. The van der Waals surface area contributed by atoms with Crippen molar-refractivity contribution in [2.75, 3.05) is 0 Å². The van der Waals surface area contributed by atoms with Crippen molar-refractivity contribution in [3.8, 4) is 0 Å². The summed E-state index contributed by atoms with van der Waals surface area (Å²) >= 11 is 0. The van der Waals surface area contributed by atoms with Crippen LogP contribution in [0, 0.1) is 0 Å². The normalized spacial score (nSPS) is 13.2. The predicted octanol–water partition coefficient (Wildman–Crippen LogP) is 2.80. The van der Waals surface area contributed by atoms with Gasteiger partial charge in [-0.25, -0.2) is 0 Å². The van der Waals surface area contributed by atoms with E-state index in [-0.39, 0.29) is 0 Å².